The van der Waals surface area contributed by atoms with Crippen LogP contribution in [0, 0.1) is 0 Å². The first kappa shape index (κ1) is 12.3. The van der Waals surface area contributed by atoms with Crippen LogP contribution in [-0.2, 0) is 6.54 Å². The van der Waals surface area contributed by atoms with Gasteiger partial charge in [-0.15, -0.1) is 0 Å². The summed E-state index contributed by atoms with van der Waals surface area (Å²) in [5.41, 5.74) is 2.22. The molecule has 6 nitrogen and oxygen atoms in total. The van der Waals surface area contributed by atoms with Crippen LogP contribution >= 0.6 is 15.9 Å². The first-order valence-electron chi connectivity index (χ1n) is 5.89. The van der Waals surface area contributed by atoms with Gasteiger partial charge < -0.3 is 5.11 Å². The summed E-state index contributed by atoms with van der Waals surface area (Å²) in [4.78, 5) is 4.07. The summed E-state index contributed by atoms with van der Waals surface area (Å²) in [6.07, 6.45) is 7.64. The lowest BCUT2D eigenvalue weighted by atomic mass is 10.1. The fraction of sp³-hybridized carbons (Fsp3) is 0.250. The maximum absolute atomic E-state index is 10.6. The molecule has 3 aromatic rings. The lowest BCUT2D eigenvalue weighted by Gasteiger charge is -2.12. The van der Waals surface area contributed by atoms with Crippen molar-refractivity contribution in [1.82, 2.24) is 24.4 Å². The van der Waals surface area contributed by atoms with E-state index < -0.39 is 6.10 Å². The van der Waals surface area contributed by atoms with Crippen molar-refractivity contribution in [1.29, 1.82) is 0 Å². The van der Waals surface area contributed by atoms with Gasteiger partial charge in [0.05, 0.1) is 34.3 Å². The summed E-state index contributed by atoms with van der Waals surface area (Å²) in [6.45, 7) is 2.67. The zero-order valence-corrected chi connectivity index (χ0v) is 11.8. The Morgan fingerprint density at radius 1 is 1.32 bits per heavy atom. The van der Waals surface area contributed by atoms with Crippen LogP contribution < -0.4 is 0 Å². The Hall–Kier alpha value is -1.73. The number of hydrogen-bond donors (Lipinski definition) is 1. The highest BCUT2D eigenvalue weighted by Crippen LogP contribution is 2.30. The van der Waals surface area contributed by atoms with E-state index in [-0.39, 0.29) is 0 Å². The summed E-state index contributed by atoms with van der Waals surface area (Å²) >= 11 is 3.42. The molecule has 0 aromatic carbocycles. The fourth-order valence-electron chi connectivity index (χ4n) is 2.11. The predicted octanol–water partition coefficient (Wildman–Crippen LogP) is 1.79. The van der Waals surface area contributed by atoms with Crippen molar-refractivity contribution in [3.8, 4) is 0 Å². The highest BCUT2D eigenvalue weighted by molar-refractivity contribution is 9.10. The molecule has 7 heteroatoms. The molecular weight excluding hydrogens is 310 g/mol. The fourth-order valence-corrected chi connectivity index (χ4v) is 2.62. The third-order valence-corrected chi connectivity index (χ3v) is 3.65. The molecule has 3 heterocycles. The molecule has 98 valence electrons. The topological polar surface area (TPSA) is 68.2 Å². The lowest BCUT2D eigenvalue weighted by molar-refractivity contribution is 0.208. The number of aryl methyl sites for hydroxylation is 1. The number of aliphatic hydroxyl groups is 1. The monoisotopic (exact) mass is 321 g/mol. The molecule has 1 unspecified atom stereocenters. The van der Waals surface area contributed by atoms with Crippen molar-refractivity contribution in [2.45, 2.75) is 19.6 Å². The molecular formula is C12H12BrN5O. The van der Waals surface area contributed by atoms with Gasteiger partial charge in [-0.1, -0.05) is 0 Å². The molecule has 19 heavy (non-hydrogen) atoms. The Kier molecular flexibility index (Phi) is 3.08. The Bertz CT molecular complexity index is 720. The number of fused-ring (bicyclic) bond motifs is 1. The molecule has 0 aliphatic heterocycles. The summed E-state index contributed by atoms with van der Waals surface area (Å²) in [5, 5.41) is 19.0. The van der Waals surface area contributed by atoms with Gasteiger partial charge in [-0.3, -0.25) is 9.67 Å². The average Bonchev–Trinajstić information content (AvgIpc) is 3.01. The minimum Gasteiger partial charge on any atom is -0.382 e. The highest BCUT2D eigenvalue weighted by atomic mass is 79.9. The van der Waals surface area contributed by atoms with Gasteiger partial charge in [0.2, 0.25) is 0 Å². The second kappa shape index (κ2) is 4.75. The molecule has 0 radical (unpaired) electrons. The van der Waals surface area contributed by atoms with E-state index in [9.17, 15) is 5.11 Å². The third-order valence-electron chi connectivity index (χ3n) is 3.04. The van der Waals surface area contributed by atoms with Gasteiger partial charge in [-0.05, 0) is 22.9 Å². The smallest absolute Gasteiger partial charge is 0.125 e. The summed E-state index contributed by atoms with van der Waals surface area (Å²) < 4.78 is 4.23. The Labute approximate surface area is 117 Å². The highest BCUT2D eigenvalue weighted by Gasteiger charge is 2.22. The van der Waals surface area contributed by atoms with Crippen molar-refractivity contribution in [2.75, 3.05) is 0 Å². The van der Waals surface area contributed by atoms with Gasteiger partial charge in [0, 0.05) is 24.5 Å². The molecule has 1 atom stereocenters. The van der Waals surface area contributed by atoms with Gasteiger partial charge in [0.1, 0.15) is 6.10 Å². The summed E-state index contributed by atoms with van der Waals surface area (Å²) in [5.74, 6) is 0. The van der Waals surface area contributed by atoms with Crippen LogP contribution in [0.2, 0.25) is 0 Å². The maximum Gasteiger partial charge on any atom is 0.125 e. The second-order valence-corrected chi connectivity index (χ2v) is 4.96. The number of rotatable bonds is 3. The van der Waals surface area contributed by atoms with Crippen molar-refractivity contribution in [2.24, 2.45) is 0 Å². The van der Waals surface area contributed by atoms with Crippen LogP contribution in [0.15, 0.2) is 35.5 Å². The molecule has 0 aliphatic carbocycles. The normalized spacial score (nSPS) is 13.0. The zero-order chi connectivity index (χ0) is 13.4. The summed E-state index contributed by atoms with van der Waals surface area (Å²) in [7, 11) is 0. The minimum atomic E-state index is -0.793. The number of nitrogens with zero attached hydrogens (tertiary/aromatic N) is 5. The van der Waals surface area contributed by atoms with E-state index in [4.69, 9.17) is 0 Å². The minimum absolute atomic E-state index is 0.690. The van der Waals surface area contributed by atoms with Crippen LogP contribution in [0.3, 0.4) is 0 Å². The molecule has 0 bridgehead atoms. The standard InChI is InChI=1S/C12H12BrN5O/c1-2-17-11(9(13)6-16-17)12(19)8-5-15-18-4-3-14-7-10(8)18/h3-7,12,19H,2H2,1H3. The van der Waals surface area contributed by atoms with Crippen molar-refractivity contribution in [3.63, 3.8) is 0 Å². The number of aromatic nitrogens is 5. The van der Waals surface area contributed by atoms with Crippen molar-refractivity contribution < 1.29 is 5.11 Å². The van der Waals surface area contributed by atoms with Gasteiger partial charge in [-0.25, -0.2) is 4.52 Å². The maximum atomic E-state index is 10.6. The molecule has 1 N–H and O–H groups in total. The molecule has 0 saturated carbocycles. The SMILES string of the molecule is CCn1ncc(Br)c1C(O)c1cnn2ccncc12. The molecule has 0 fully saturated rings. The predicted molar refractivity (Wildman–Crippen MR) is 72.6 cm³/mol. The third kappa shape index (κ3) is 1.95. The second-order valence-electron chi connectivity index (χ2n) is 4.10. The number of aliphatic hydroxyl groups excluding tert-OH is 1. The van der Waals surface area contributed by atoms with Crippen LogP contribution in [0.1, 0.15) is 24.3 Å². The lowest BCUT2D eigenvalue weighted by Crippen LogP contribution is -2.09. The van der Waals surface area contributed by atoms with E-state index in [0.29, 0.717) is 12.1 Å². The first-order chi connectivity index (χ1) is 9.22. The van der Waals surface area contributed by atoms with E-state index in [1.807, 2.05) is 6.92 Å². The van der Waals surface area contributed by atoms with Gasteiger partial charge in [0.15, 0.2) is 0 Å². The number of hydrogen-bond acceptors (Lipinski definition) is 4. The molecule has 0 amide bonds. The van der Waals surface area contributed by atoms with E-state index >= 15 is 0 Å². The summed E-state index contributed by atoms with van der Waals surface area (Å²) in [6, 6.07) is 0. The van der Waals surface area contributed by atoms with E-state index in [0.717, 1.165) is 15.7 Å². The van der Waals surface area contributed by atoms with Gasteiger partial charge >= 0.3 is 0 Å². The van der Waals surface area contributed by atoms with Gasteiger partial charge in [0.25, 0.3) is 0 Å². The number of halogens is 1. The quantitative estimate of drug-likeness (QED) is 0.798. The van der Waals surface area contributed by atoms with Crippen LogP contribution in [0.25, 0.3) is 5.52 Å². The molecule has 3 aromatic heterocycles. The van der Waals surface area contributed by atoms with E-state index in [1.165, 1.54) is 0 Å². The molecule has 3 rings (SSSR count). The van der Waals surface area contributed by atoms with Crippen LogP contribution in [0.5, 0.6) is 0 Å². The zero-order valence-electron chi connectivity index (χ0n) is 10.2. The molecule has 0 spiro atoms. The Balaban J connectivity index is 2.13. The largest absolute Gasteiger partial charge is 0.382 e. The van der Waals surface area contributed by atoms with E-state index in [2.05, 4.69) is 31.1 Å². The van der Waals surface area contributed by atoms with Gasteiger partial charge in [-0.2, -0.15) is 10.2 Å². The van der Waals surface area contributed by atoms with Crippen LogP contribution in [0.4, 0.5) is 0 Å². The van der Waals surface area contributed by atoms with Crippen molar-refractivity contribution >= 4 is 21.4 Å². The molecule has 0 saturated heterocycles. The average molecular weight is 322 g/mol. The molecule has 0 aliphatic rings. The first-order valence-corrected chi connectivity index (χ1v) is 6.68. The van der Waals surface area contributed by atoms with Crippen molar-refractivity contribution in [3.05, 3.63) is 46.7 Å². The van der Waals surface area contributed by atoms with Crippen LogP contribution in [-0.4, -0.2) is 29.5 Å². The van der Waals surface area contributed by atoms with E-state index in [1.54, 1.807) is 40.2 Å². The Morgan fingerprint density at radius 2 is 2.16 bits per heavy atom. The Morgan fingerprint density at radius 3 is 2.95 bits per heavy atom.